The van der Waals surface area contributed by atoms with Crippen LogP contribution in [-0.2, 0) is 14.8 Å². The molecule has 1 atom stereocenters. The van der Waals surface area contributed by atoms with Crippen LogP contribution in [0.2, 0.25) is 0 Å². The second-order valence-electron chi connectivity index (χ2n) is 6.07. The second kappa shape index (κ2) is 8.88. The van der Waals surface area contributed by atoms with Crippen molar-refractivity contribution in [1.82, 2.24) is 10.0 Å². The Kier molecular flexibility index (Phi) is 6.81. The summed E-state index contributed by atoms with van der Waals surface area (Å²) < 4.78 is 39.7. The van der Waals surface area contributed by atoms with Crippen molar-refractivity contribution in [1.29, 1.82) is 0 Å². The van der Waals surface area contributed by atoms with E-state index in [0.29, 0.717) is 5.56 Å². The molecular formula is C19H21FN2O4S. The van der Waals surface area contributed by atoms with Crippen LogP contribution in [0.15, 0.2) is 53.4 Å². The van der Waals surface area contributed by atoms with Gasteiger partial charge >= 0.3 is 0 Å². The minimum absolute atomic E-state index is 0.0209. The van der Waals surface area contributed by atoms with Crippen LogP contribution in [-0.4, -0.2) is 26.7 Å². The Morgan fingerprint density at radius 2 is 1.63 bits per heavy atom. The number of benzene rings is 2. The fraction of sp³-hybridized carbons (Fsp3) is 0.263. The smallest absolute Gasteiger partial charge is 0.240 e. The van der Waals surface area contributed by atoms with Gasteiger partial charge in [-0.25, -0.2) is 17.5 Å². The van der Waals surface area contributed by atoms with Gasteiger partial charge in [0.1, 0.15) is 5.82 Å². The highest BCUT2D eigenvalue weighted by Crippen LogP contribution is 2.13. The molecule has 144 valence electrons. The van der Waals surface area contributed by atoms with Gasteiger partial charge in [-0.05, 0) is 43.7 Å². The normalized spacial score (nSPS) is 12.4. The fourth-order valence-corrected chi connectivity index (χ4v) is 3.43. The minimum atomic E-state index is -3.77. The van der Waals surface area contributed by atoms with Crippen molar-refractivity contribution in [2.75, 3.05) is 6.54 Å². The van der Waals surface area contributed by atoms with Gasteiger partial charge in [-0.1, -0.05) is 24.3 Å². The molecule has 2 aromatic carbocycles. The molecule has 0 spiro atoms. The largest absolute Gasteiger partial charge is 0.350 e. The van der Waals surface area contributed by atoms with E-state index in [0.717, 1.165) is 5.56 Å². The highest BCUT2D eigenvalue weighted by atomic mass is 32.2. The molecule has 27 heavy (non-hydrogen) atoms. The molecule has 2 N–H and O–H groups in total. The lowest BCUT2D eigenvalue weighted by atomic mass is 10.1. The van der Waals surface area contributed by atoms with Crippen molar-refractivity contribution < 1.29 is 22.4 Å². The number of ketones is 1. The van der Waals surface area contributed by atoms with Crippen molar-refractivity contribution in [3.63, 3.8) is 0 Å². The number of sulfonamides is 1. The van der Waals surface area contributed by atoms with Gasteiger partial charge in [0.2, 0.25) is 15.9 Å². The lowest BCUT2D eigenvalue weighted by Crippen LogP contribution is -2.32. The fourth-order valence-electron chi connectivity index (χ4n) is 2.40. The average Bonchev–Trinajstić information content (AvgIpc) is 2.62. The molecule has 1 amide bonds. The standard InChI is InChI=1S/C19H21FN2O4S/c1-13(15-3-7-17(20)8-4-15)22-19(24)11-12-21-27(25,26)18-9-5-16(6-10-18)14(2)23/h3-10,13,21H,11-12H2,1-2H3,(H,22,24). The zero-order chi connectivity index (χ0) is 20.0. The summed E-state index contributed by atoms with van der Waals surface area (Å²) in [5, 5.41) is 2.73. The predicted molar refractivity (Wildman–Crippen MR) is 99.2 cm³/mol. The van der Waals surface area contributed by atoms with Crippen molar-refractivity contribution in [2.45, 2.75) is 31.2 Å². The van der Waals surface area contributed by atoms with Gasteiger partial charge < -0.3 is 5.32 Å². The molecule has 2 rings (SSSR count). The molecule has 1 unspecified atom stereocenters. The van der Waals surface area contributed by atoms with Crippen molar-refractivity contribution in [2.24, 2.45) is 0 Å². The molecule has 8 heteroatoms. The number of halogens is 1. The molecule has 0 saturated carbocycles. The van der Waals surface area contributed by atoms with Crippen LogP contribution in [0.3, 0.4) is 0 Å². The van der Waals surface area contributed by atoms with Crippen LogP contribution < -0.4 is 10.0 Å². The van der Waals surface area contributed by atoms with Crippen LogP contribution in [0.4, 0.5) is 4.39 Å². The summed E-state index contributed by atoms with van der Waals surface area (Å²) in [5.74, 6) is -0.844. The molecular weight excluding hydrogens is 371 g/mol. The third-order valence-corrected chi connectivity index (χ3v) is 5.44. The van der Waals surface area contributed by atoms with E-state index in [9.17, 15) is 22.4 Å². The summed E-state index contributed by atoms with van der Waals surface area (Å²) in [7, 11) is -3.77. The van der Waals surface area contributed by atoms with E-state index in [1.165, 1.54) is 43.3 Å². The predicted octanol–water partition coefficient (Wildman–Crippen LogP) is 2.57. The highest BCUT2D eigenvalue weighted by molar-refractivity contribution is 7.89. The Morgan fingerprint density at radius 1 is 1.04 bits per heavy atom. The topological polar surface area (TPSA) is 92.3 Å². The Morgan fingerprint density at radius 3 is 2.19 bits per heavy atom. The summed E-state index contributed by atoms with van der Waals surface area (Å²) in [6.45, 7) is 3.08. The number of Topliss-reactive ketones (excluding diaryl/α,β-unsaturated/α-hetero) is 1. The monoisotopic (exact) mass is 392 g/mol. The van der Waals surface area contributed by atoms with Crippen molar-refractivity contribution in [3.05, 3.63) is 65.5 Å². The molecule has 0 aromatic heterocycles. The zero-order valence-electron chi connectivity index (χ0n) is 15.0. The third-order valence-electron chi connectivity index (χ3n) is 3.96. The summed E-state index contributed by atoms with van der Waals surface area (Å²) in [6.07, 6.45) is -0.0453. The van der Waals surface area contributed by atoms with E-state index in [1.807, 2.05) is 0 Å². The average molecular weight is 392 g/mol. The first-order chi connectivity index (χ1) is 12.7. The van der Waals surface area contributed by atoms with E-state index in [4.69, 9.17) is 0 Å². The van der Waals surface area contributed by atoms with E-state index in [-0.39, 0.29) is 41.4 Å². The first-order valence-electron chi connectivity index (χ1n) is 8.34. The maximum Gasteiger partial charge on any atom is 0.240 e. The Bertz CT molecular complexity index is 910. The van der Waals surface area contributed by atoms with Crippen LogP contribution in [0.5, 0.6) is 0 Å². The highest BCUT2D eigenvalue weighted by Gasteiger charge is 2.15. The molecule has 0 aliphatic heterocycles. The summed E-state index contributed by atoms with van der Waals surface area (Å²) in [4.78, 5) is 23.2. The first kappa shape index (κ1) is 20.7. The number of hydrogen-bond donors (Lipinski definition) is 2. The van der Waals surface area contributed by atoms with Crippen LogP contribution in [0.25, 0.3) is 0 Å². The number of carbonyl (C=O) groups is 2. The van der Waals surface area contributed by atoms with Crippen LogP contribution >= 0.6 is 0 Å². The number of nitrogens with one attached hydrogen (secondary N) is 2. The molecule has 0 fully saturated rings. The Labute approximate surface area is 157 Å². The molecule has 6 nitrogen and oxygen atoms in total. The number of rotatable bonds is 8. The lowest BCUT2D eigenvalue weighted by molar-refractivity contribution is -0.121. The second-order valence-corrected chi connectivity index (χ2v) is 7.84. The Hall–Kier alpha value is -2.58. The third kappa shape index (κ3) is 5.97. The molecule has 0 bridgehead atoms. The maximum absolute atomic E-state index is 12.9. The Balaban J connectivity index is 1.86. The lowest BCUT2D eigenvalue weighted by Gasteiger charge is -2.14. The molecule has 2 aromatic rings. The summed E-state index contributed by atoms with van der Waals surface area (Å²) in [5.41, 5.74) is 1.17. The van der Waals surface area contributed by atoms with E-state index in [1.54, 1.807) is 19.1 Å². The number of hydrogen-bond acceptors (Lipinski definition) is 4. The maximum atomic E-state index is 12.9. The SMILES string of the molecule is CC(=O)c1ccc(S(=O)(=O)NCCC(=O)NC(C)c2ccc(F)cc2)cc1. The van der Waals surface area contributed by atoms with Gasteiger partial charge in [-0.2, -0.15) is 0 Å². The van der Waals surface area contributed by atoms with Crippen LogP contribution in [0, 0.1) is 5.82 Å². The molecule has 0 aliphatic rings. The van der Waals surface area contributed by atoms with Gasteiger partial charge in [-0.15, -0.1) is 0 Å². The molecule has 0 saturated heterocycles. The first-order valence-corrected chi connectivity index (χ1v) is 9.83. The van der Waals surface area contributed by atoms with Gasteiger partial charge in [-0.3, -0.25) is 9.59 Å². The van der Waals surface area contributed by atoms with Crippen LogP contribution in [0.1, 0.15) is 42.2 Å². The minimum Gasteiger partial charge on any atom is -0.350 e. The van der Waals surface area contributed by atoms with Gasteiger partial charge in [0.25, 0.3) is 0 Å². The van der Waals surface area contributed by atoms with E-state index >= 15 is 0 Å². The molecule has 0 aliphatic carbocycles. The zero-order valence-corrected chi connectivity index (χ0v) is 15.8. The van der Waals surface area contributed by atoms with E-state index < -0.39 is 10.0 Å². The number of carbonyl (C=O) groups excluding carboxylic acids is 2. The molecule has 0 heterocycles. The quantitative estimate of drug-likeness (QED) is 0.676. The van der Waals surface area contributed by atoms with Gasteiger partial charge in [0, 0.05) is 18.5 Å². The summed E-state index contributed by atoms with van der Waals surface area (Å²) in [6, 6.07) is 11.0. The molecule has 0 radical (unpaired) electrons. The number of amides is 1. The van der Waals surface area contributed by atoms with Gasteiger partial charge in [0.05, 0.1) is 10.9 Å². The van der Waals surface area contributed by atoms with E-state index in [2.05, 4.69) is 10.0 Å². The van der Waals surface area contributed by atoms with Gasteiger partial charge in [0.15, 0.2) is 5.78 Å². The van der Waals surface area contributed by atoms with Crippen molar-refractivity contribution in [3.8, 4) is 0 Å². The summed E-state index contributed by atoms with van der Waals surface area (Å²) >= 11 is 0. The van der Waals surface area contributed by atoms with Crippen molar-refractivity contribution >= 4 is 21.7 Å².